The Morgan fingerprint density at radius 2 is 1.79 bits per heavy atom. The van der Waals surface area contributed by atoms with Crippen LogP contribution in [0.3, 0.4) is 0 Å². The van der Waals surface area contributed by atoms with Crippen LogP contribution in [0.4, 0.5) is 8.78 Å². The number of aromatic nitrogens is 4. The predicted octanol–water partition coefficient (Wildman–Crippen LogP) is 4.64. The van der Waals surface area contributed by atoms with Crippen molar-refractivity contribution in [1.82, 2.24) is 19.1 Å². The summed E-state index contributed by atoms with van der Waals surface area (Å²) in [5.74, 6) is -1.17. The normalized spacial score (nSPS) is 14.8. The molecule has 0 atom stereocenters. The number of rotatable bonds is 2. The van der Waals surface area contributed by atoms with E-state index in [4.69, 9.17) is 11.6 Å². The monoisotopic (exact) mass is 344 g/mol. The standard InChI is InChI=1S/C17H11ClF2N4/c18-9-1-4-13-16(5-9)24(10-2-3-10)17(22-13)23-8-21-14-6-11(19)12(20)7-15(14)23/h1,4-8,10H,2-3H2. The van der Waals surface area contributed by atoms with Gasteiger partial charge in [0.2, 0.25) is 5.95 Å². The molecule has 0 radical (unpaired) electrons. The number of hydrogen-bond donors (Lipinski definition) is 0. The summed E-state index contributed by atoms with van der Waals surface area (Å²) in [6, 6.07) is 8.12. The number of nitrogens with zero attached hydrogens (tertiary/aromatic N) is 4. The van der Waals surface area contributed by atoms with Gasteiger partial charge >= 0.3 is 0 Å². The van der Waals surface area contributed by atoms with Gasteiger partial charge in [-0.3, -0.25) is 4.57 Å². The van der Waals surface area contributed by atoms with Crippen LogP contribution < -0.4 is 0 Å². The molecule has 5 rings (SSSR count). The van der Waals surface area contributed by atoms with Gasteiger partial charge in [0, 0.05) is 23.2 Å². The van der Waals surface area contributed by atoms with Crippen molar-refractivity contribution < 1.29 is 8.78 Å². The van der Waals surface area contributed by atoms with Crippen LogP contribution >= 0.6 is 11.6 Å². The van der Waals surface area contributed by atoms with Crippen molar-refractivity contribution in [3.8, 4) is 5.95 Å². The highest BCUT2D eigenvalue weighted by molar-refractivity contribution is 6.31. The van der Waals surface area contributed by atoms with Crippen molar-refractivity contribution >= 4 is 33.7 Å². The lowest BCUT2D eigenvalue weighted by molar-refractivity contribution is 0.510. The molecule has 0 spiro atoms. The zero-order chi connectivity index (χ0) is 16.4. The fourth-order valence-electron chi connectivity index (χ4n) is 3.08. The van der Waals surface area contributed by atoms with Gasteiger partial charge in [-0.2, -0.15) is 0 Å². The minimum Gasteiger partial charge on any atom is -0.306 e. The molecule has 1 aliphatic rings. The summed E-state index contributed by atoms with van der Waals surface area (Å²) in [4.78, 5) is 8.85. The van der Waals surface area contributed by atoms with Gasteiger partial charge in [-0.1, -0.05) is 11.6 Å². The highest BCUT2D eigenvalue weighted by atomic mass is 35.5. The summed E-state index contributed by atoms with van der Waals surface area (Å²) in [6.45, 7) is 0. The van der Waals surface area contributed by atoms with Gasteiger partial charge < -0.3 is 4.57 Å². The molecule has 24 heavy (non-hydrogen) atoms. The third-order valence-corrected chi connectivity index (χ3v) is 4.58. The van der Waals surface area contributed by atoms with Crippen LogP contribution in [0.2, 0.25) is 5.02 Å². The fraction of sp³-hybridized carbons (Fsp3) is 0.176. The molecule has 2 heterocycles. The zero-order valence-electron chi connectivity index (χ0n) is 12.4. The van der Waals surface area contributed by atoms with Crippen molar-refractivity contribution in [2.75, 3.05) is 0 Å². The van der Waals surface area contributed by atoms with E-state index in [2.05, 4.69) is 14.5 Å². The zero-order valence-corrected chi connectivity index (χ0v) is 13.1. The van der Waals surface area contributed by atoms with E-state index in [1.807, 2.05) is 12.1 Å². The second kappa shape index (κ2) is 4.77. The lowest BCUT2D eigenvalue weighted by Gasteiger charge is -2.09. The molecular formula is C17H11ClF2N4. The summed E-state index contributed by atoms with van der Waals surface area (Å²) in [5, 5.41) is 0.638. The van der Waals surface area contributed by atoms with Crippen molar-refractivity contribution in [3.05, 3.63) is 53.3 Å². The van der Waals surface area contributed by atoms with Crippen LogP contribution in [-0.4, -0.2) is 19.1 Å². The molecule has 1 aliphatic carbocycles. The maximum Gasteiger partial charge on any atom is 0.216 e. The quantitative estimate of drug-likeness (QED) is 0.531. The summed E-state index contributed by atoms with van der Waals surface area (Å²) in [5.41, 5.74) is 2.62. The molecule has 0 amide bonds. The summed E-state index contributed by atoms with van der Waals surface area (Å²) >= 11 is 6.13. The molecular weight excluding hydrogens is 334 g/mol. The van der Waals surface area contributed by atoms with Crippen molar-refractivity contribution in [2.45, 2.75) is 18.9 Å². The van der Waals surface area contributed by atoms with Crippen LogP contribution in [0.15, 0.2) is 36.7 Å². The smallest absolute Gasteiger partial charge is 0.216 e. The minimum absolute atomic E-state index is 0.339. The predicted molar refractivity (Wildman–Crippen MR) is 87.6 cm³/mol. The van der Waals surface area contributed by atoms with Crippen molar-refractivity contribution in [1.29, 1.82) is 0 Å². The van der Waals surface area contributed by atoms with E-state index < -0.39 is 11.6 Å². The van der Waals surface area contributed by atoms with Crippen LogP contribution in [0.25, 0.3) is 28.0 Å². The Labute approximate surface area is 140 Å². The number of fused-ring (bicyclic) bond motifs is 2. The first kappa shape index (κ1) is 13.9. The maximum absolute atomic E-state index is 13.7. The lowest BCUT2D eigenvalue weighted by Crippen LogP contribution is -2.05. The largest absolute Gasteiger partial charge is 0.306 e. The van der Waals surface area contributed by atoms with E-state index in [1.165, 1.54) is 0 Å². The van der Waals surface area contributed by atoms with Crippen molar-refractivity contribution in [3.63, 3.8) is 0 Å². The Hall–Kier alpha value is -2.47. The Morgan fingerprint density at radius 1 is 1.00 bits per heavy atom. The Bertz CT molecular complexity index is 1110. The summed E-state index contributed by atoms with van der Waals surface area (Å²) in [6.07, 6.45) is 3.66. The van der Waals surface area contributed by atoms with Gasteiger partial charge in [-0.05, 0) is 31.0 Å². The number of imidazole rings is 2. The highest BCUT2D eigenvalue weighted by Gasteiger charge is 2.29. The molecule has 7 heteroatoms. The molecule has 0 bridgehead atoms. The van der Waals surface area contributed by atoms with E-state index in [-0.39, 0.29) is 0 Å². The second-order valence-electron chi connectivity index (χ2n) is 6.02. The molecule has 4 nitrogen and oxygen atoms in total. The molecule has 4 aromatic rings. The maximum atomic E-state index is 13.7. The summed E-state index contributed by atoms with van der Waals surface area (Å²) < 4.78 is 30.9. The minimum atomic E-state index is -0.907. The van der Waals surface area contributed by atoms with Crippen LogP contribution in [0, 0.1) is 11.6 Å². The van der Waals surface area contributed by atoms with E-state index in [0.29, 0.717) is 28.0 Å². The Kier molecular flexibility index (Phi) is 2.77. The SMILES string of the molecule is Fc1cc2ncn(-c3nc4ccc(Cl)cc4n3C3CC3)c2cc1F. The first-order chi connectivity index (χ1) is 11.6. The molecule has 2 aromatic heterocycles. The lowest BCUT2D eigenvalue weighted by atomic mass is 10.3. The number of halogens is 3. The molecule has 1 fully saturated rings. The van der Waals surface area contributed by atoms with Crippen LogP contribution in [0.5, 0.6) is 0 Å². The number of benzene rings is 2. The molecule has 0 unspecified atom stereocenters. The molecule has 0 saturated heterocycles. The molecule has 2 aromatic carbocycles. The van der Waals surface area contributed by atoms with Gasteiger partial charge in [0.15, 0.2) is 11.6 Å². The highest BCUT2D eigenvalue weighted by Crippen LogP contribution is 2.40. The number of hydrogen-bond acceptors (Lipinski definition) is 2. The van der Waals surface area contributed by atoms with Crippen LogP contribution in [0.1, 0.15) is 18.9 Å². The summed E-state index contributed by atoms with van der Waals surface area (Å²) in [7, 11) is 0. The average Bonchev–Trinajstić information content (AvgIpc) is 3.21. The van der Waals surface area contributed by atoms with E-state index in [0.717, 1.165) is 36.0 Å². The van der Waals surface area contributed by atoms with Gasteiger partial charge in [0.25, 0.3) is 0 Å². The first-order valence-electron chi connectivity index (χ1n) is 7.62. The second-order valence-corrected chi connectivity index (χ2v) is 6.45. The molecule has 0 aliphatic heterocycles. The molecule has 0 N–H and O–H groups in total. The fourth-order valence-corrected chi connectivity index (χ4v) is 3.25. The van der Waals surface area contributed by atoms with E-state index in [9.17, 15) is 8.78 Å². The first-order valence-corrected chi connectivity index (χ1v) is 7.99. The topological polar surface area (TPSA) is 35.6 Å². The van der Waals surface area contributed by atoms with Gasteiger partial charge in [0.05, 0.1) is 22.1 Å². The van der Waals surface area contributed by atoms with Gasteiger partial charge in [-0.15, -0.1) is 0 Å². The van der Waals surface area contributed by atoms with Gasteiger partial charge in [-0.25, -0.2) is 18.7 Å². The molecule has 120 valence electrons. The van der Waals surface area contributed by atoms with Crippen LogP contribution in [-0.2, 0) is 0 Å². The van der Waals surface area contributed by atoms with E-state index >= 15 is 0 Å². The Balaban J connectivity index is 1.83. The van der Waals surface area contributed by atoms with Crippen molar-refractivity contribution in [2.24, 2.45) is 0 Å². The van der Waals surface area contributed by atoms with E-state index in [1.54, 1.807) is 17.0 Å². The van der Waals surface area contributed by atoms with Gasteiger partial charge in [0.1, 0.15) is 6.33 Å². The third kappa shape index (κ3) is 1.96. The Morgan fingerprint density at radius 3 is 2.58 bits per heavy atom. The average molecular weight is 345 g/mol. The molecule has 1 saturated carbocycles. The third-order valence-electron chi connectivity index (χ3n) is 4.35.